The number of hydrogen-bond donors (Lipinski definition) is 2. The van der Waals surface area contributed by atoms with E-state index in [0.29, 0.717) is 12.8 Å². The number of imide groups is 2. The van der Waals surface area contributed by atoms with Gasteiger partial charge in [-0.25, -0.2) is 14.6 Å². The van der Waals surface area contributed by atoms with Gasteiger partial charge in [-0.2, -0.15) is 25.3 Å². The molecule has 5 nitrogen and oxygen atoms in total. The number of carbonyl (C=O) groups excluding carboxylic acids is 3. The van der Waals surface area contributed by atoms with Crippen molar-refractivity contribution >= 4 is 43.1 Å². The SMILES string of the molecule is CCCC(S)N1C(=O)C(=O)N(C(S)CCC)C1=O. The van der Waals surface area contributed by atoms with E-state index in [1.54, 1.807) is 0 Å². The number of nitrogens with zero attached hydrogens (tertiary/aromatic N) is 2. The van der Waals surface area contributed by atoms with E-state index in [9.17, 15) is 14.4 Å². The Balaban J connectivity index is 2.90. The second kappa shape index (κ2) is 6.47. The van der Waals surface area contributed by atoms with Crippen molar-refractivity contribution in [3.8, 4) is 0 Å². The minimum Gasteiger partial charge on any atom is -0.263 e. The molecule has 2 unspecified atom stereocenters. The molecule has 102 valence electrons. The molecule has 0 radical (unpaired) electrons. The number of amides is 4. The van der Waals surface area contributed by atoms with Crippen LogP contribution in [-0.2, 0) is 9.59 Å². The van der Waals surface area contributed by atoms with Gasteiger partial charge in [0.05, 0.1) is 10.7 Å². The van der Waals surface area contributed by atoms with Crippen LogP contribution in [0.5, 0.6) is 0 Å². The standard InChI is InChI=1S/C11H18N2O3S2/c1-3-5-7(17)12-9(14)10(15)13(11(12)16)8(18)6-4-2/h7-8,17-18H,3-6H2,1-2H3. The van der Waals surface area contributed by atoms with Crippen molar-refractivity contribution in [3.05, 3.63) is 0 Å². The van der Waals surface area contributed by atoms with Crippen molar-refractivity contribution in [3.63, 3.8) is 0 Å². The van der Waals surface area contributed by atoms with Crippen LogP contribution in [0, 0.1) is 0 Å². The molecule has 0 aliphatic carbocycles. The molecule has 1 heterocycles. The molecule has 7 heteroatoms. The summed E-state index contributed by atoms with van der Waals surface area (Å²) in [7, 11) is 0. The smallest absolute Gasteiger partial charge is 0.263 e. The van der Waals surface area contributed by atoms with Gasteiger partial charge >= 0.3 is 17.8 Å². The van der Waals surface area contributed by atoms with Gasteiger partial charge in [-0.1, -0.05) is 26.7 Å². The van der Waals surface area contributed by atoms with E-state index in [0.717, 1.165) is 22.6 Å². The number of hydrogen-bond acceptors (Lipinski definition) is 5. The largest absolute Gasteiger partial charge is 0.336 e. The summed E-state index contributed by atoms with van der Waals surface area (Å²) in [6.45, 7) is 3.85. The average Bonchev–Trinajstić information content (AvgIpc) is 2.51. The highest BCUT2D eigenvalue weighted by molar-refractivity contribution is 7.81. The average molecular weight is 290 g/mol. The molecule has 1 fully saturated rings. The van der Waals surface area contributed by atoms with E-state index in [1.807, 2.05) is 13.8 Å². The van der Waals surface area contributed by atoms with Gasteiger partial charge in [-0.05, 0) is 12.8 Å². The van der Waals surface area contributed by atoms with E-state index in [1.165, 1.54) is 0 Å². The summed E-state index contributed by atoms with van der Waals surface area (Å²) < 4.78 is 0. The van der Waals surface area contributed by atoms with Crippen molar-refractivity contribution in [1.29, 1.82) is 0 Å². The highest BCUT2D eigenvalue weighted by Gasteiger charge is 2.48. The van der Waals surface area contributed by atoms with Gasteiger partial charge in [-0.15, -0.1) is 0 Å². The Labute approximate surface area is 118 Å². The normalized spacial score (nSPS) is 19.7. The summed E-state index contributed by atoms with van der Waals surface area (Å²) in [6.07, 6.45) is 2.68. The maximum atomic E-state index is 12.1. The lowest BCUT2D eigenvalue weighted by atomic mass is 10.3. The fourth-order valence-corrected chi connectivity index (χ4v) is 2.72. The fraction of sp³-hybridized carbons (Fsp3) is 0.727. The first-order valence-electron chi connectivity index (χ1n) is 6.02. The Morgan fingerprint density at radius 3 is 1.50 bits per heavy atom. The van der Waals surface area contributed by atoms with Crippen molar-refractivity contribution in [2.75, 3.05) is 0 Å². The quantitative estimate of drug-likeness (QED) is 0.446. The summed E-state index contributed by atoms with van der Waals surface area (Å²) in [5, 5.41) is -1.10. The van der Waals surface area contributed by atoms with Crippen LogP contribution in [-0.4, -0.2) is 38.4 Å². The zero-order valence-corrected chi connectivity index (χ0v) is 12.3. The summed E-state index contributed by atoms with van der Waals surface area (Å²) in [4.78, 5) is 37.5. The minimum absolute atomic E-state index is 0.550. The Bertz CT molecular complexity index is 330. The predicted octanol–water partition coefficient (Wildman–Crippen LogP) is 1.89. The summed E-state index contributed by atoms with van der Waals surface area (Å²) >= 11 is 8.41. The summed E-state index contributed by atoms with van der Waals surface area (Å²) in [5.74, 6) is -1.60. The van der Waals surface area contributed by atoms with Crippen LogP contribution in [0.1, 0.15) is 39.5 Å². The second-order valence-electron chi connectivity index (χ2n) is 4.17. The highest BCUT2D eigenvalue weighted by Crippen LogP contribution is 2.25. The first kappa shape index (κ1) is 15.4. The van der Waals surface area contributed by atoms with Crippen LogP contribution in [0.15, 0.2) is 0 Å². The van der Waals surface area contributed by atoms with E-state index in [4.69, 9.17) is 0 Å². The molecule has 0 N–H and O–H groups in total. The molecule has 18 heavy (non-hydrogen) atoms. The number of thiol groups is 2. The predicted molar refractivity (Wildman–Crippen MR) is 74.5 cm³/mol. The fourth-order valence-electron chi connectivity index (χ4n) is 1.80. The maximum Gasteiger partial charge on any atom is 0.336 e. The van der Waals surface area contributed by atoms with Crippen LogP contribution in [0.3, 0.4) is 0 Å². The molecule has 1 aliphatic rings. The lowest BCUT2D eigenvalue weighted by Crippen LogP contribution is -2.40. The third-order valence-corrected chi connectivity index (χ3v) is 3.70. The van der Waals surface area contributed by atoms with E-state index < -0.39 is 28.6 Å². The molecule has 0 aromatic rings. The first-order valence-corrected chi connectivity index (χ1v) is 7.05. The van der Waals surface area contributed by atoms with E-state index in [-0.39, 0.29) is 0 Å². The lowest BCUT2D eigenvalue weighted by molar-refractivity contribution is -0.143. The van der Waals surface area contributed by atoms with Crippen molar-refractivity contribution in [2.45, 2.75) is 50.3 Å². The summed E-state index contributed by atoms with van der Waals surface area (Å²) in [6, 6.07) is -0.605. The van der Waals surface area contributed by atoms with Crippen LogP contribution in [0.4, 0.5) is 4.79 Å². The Hall–Kier alpha value is -0.690. The van der Waals surface area contributed by atoms with Crippen molar-refractivity contribution in [1.82, 2.24) is 9.80 Å². The number of urea groups is 1. The second-order valence-corrected chi connectivity index (χ2v) is 5.36. The van der Waals surface area contributed by atoms with E-state index in [2.05, 4.69) is 25.3 Å². The molecule has 1 saturated heterocycles. The zero-order chi connectivity index (χ0) is 13.9. The zero-order valence-electron chi connectivity index (χ0n) is 10.5. The molecule has 0 aromatic carbocycles. The molecule has 0 aromatic heterocycles. The first-order chi connectivity index (χ1) is 8.45. The lowest BCUT2D eigenvalue weighted by Gasteiger charge is -2.23. The van der Waals surface area contributed by atoms with Gasteiger partial charge in [0.1, 0.15) is 0 Å². The molecule has 0 spiro atoms. The molecule has 1 rings (SSSR count). The van der Waals surface area contributed by atoms with Gasteiger partial charge in [-0.3, -0.25) is 9.59 Å². The van der Waals surface area contributed by atoms with Crippen molar-refractivity contribution < 1.29 is 14.4 Å². The molecular weight excluding hydrogens is 272 g/mol. The molecule has 0 saturated carbocycles. The Morgan fingerprint density at radius 2 is 1.22 bits per heavy atom. The highest BCUT2D eigenvalue weighted by atomic mass is 32.1. The topological polar surface area (TPSA) is 57.7 Å². The minimum atomic E-state index is -0.802. The number of rotatable bonds is 6. The van der Waals surface area contributed by atoms with Crippen LogP contribution >= 0.6 is 25.3 Å². The monoisotopic (exact) mass is 290 g/mol. The maximum absolute atomic E-state index is 12.1. The van der Waals surface area contributed by atoms with E-state index >= 15 is 0 Å². The molecular formula is C11H18N2O3S2. The molecule has 1 aliphatic heterocycles. The van der Waals surface area contributed by atoms with Crippen LogP contribution < -0.4 is 0 Å². The van der Waals surface area contributed by atoms with Crippen LogP contribution in [0.2, 0.25) is 0 Å². The van der Waals surface area contributed by atoms with Crippen LogP contribution in [0.25, 0.3) is 0 Å². The third-order valence-electron chi connectivity index (χ3n) is 2.72. The molecule has 0 bridgehead atoms. The van der Waals surface area contributed by atoms with Gasteiger partial charge in [0.15, 0.2) is 0 Å². The Morgan fingerprint density at radius 1 is 0.889 bits per heavy atom. The summed E-state index contributed by atoms with van der Waals surface area (Å²) in [5.41, 5.74) is 0. The van der Waals surface area contributed by atoms with Gasteiger partial charge in [0, 0.05) is 0 Å². The van der Waals surface area contributed by atoms with Gasteiger partial charge in [0.25, 0.3) is 0 Å². The molecule has 2 atom stereocenters. The molecule has 4 amide bonds. The Kier molecular flexibility index (Phi) is 5.52. The van der Waals surface area contributed by atoms with Gasteiger partial charge < -0.3 is 0 Å². The number of carbonyl (C=O) groups is 3. The van der Waals surface area contributed by atoms with Crippen molar-refractivity contribution in [2.24, 2.45) is 0 Å². The van der Waals surface area contributed by atoms with Gasteiger partial charge in [0.2, 0.25) is 0 Å². The third kappa shape index (κ3) is 2.83.